The van der Waals surface area contributed by atoms with Gasteiger partial charge in [-0.15, -0.1) is 0 Å². The second-order valence-corrected chi connectivity index (χ2v) is 7.50. The van der Waals surface area contributed by atoms with E-state index in [2.05, 4.69) is 41.6 Å². The minimum Gasteiger partial charge on any atom is -0.534 e. The minimum atomic E-state index is -0.450. The van der Waals surface area contributed by atoms with E-state index in [1.54, 1.807) is 0 Å². The van der Waals surface area contributed by atoms with Gasteiger partial charge in [0.2, 0.25) is 0 Å². The standard InChI is InChI=1S/C19H24BNO3/c1-13-19(2,3)24-20(23-13)15-4-9-18-14(12-15)10-11-21(18)16-5-7-17(22)8-6-16/h4,9-12,16-17,22H,1,5-8H2,2-3H3. The number of aromatic nitrogens is 1. The maximum atomic E-state index is 9.71. The molecule has 5 heteroatoms. The Balaban J connectivity index is 1.60. The molecule has 4 rings (SSSR count). The van der Waals surface area contributed by atoms with Crippen molar-refractivity contribution in [2.24, 2.45) is 0 Å². The molecule has 1 aromatic carbocycles. The van der Waals surface area contributed by atoms with Crippen LogP contribution in [0, 0.1) is 0 Å². The zero-order valence-electron chi connectivity index (χ0n) is 14.4. The molecule has 2 fully saturated rings. The van der Waals surface area contributed by atoms with E-state index in [1.165, 1.54) is 10.9 Å². The summed E-state index contributed by atoms with van der Waals surface area (Å²) in [6.45, 7) is 7.89. The summed E-state index contributed by atoms with van der Waals surface area (Å²) in [5.41, 5.74) is 1.80. The van der Waals surface area contributed by atoms with Crippen molar-refractivity contribution in [2.45, 2.75) is 57.3 Å². The SMILES string of the molecule is C=C1OB(c2ccc3c(ccn3C3CCC(O)CC3)c2)OC1(C)C. The Morgan fingerprint density at radius 2 is 1.96 bits per heavy atom. The molecule has 0 unspecified atom stereocenters. The molecule has 4 nitrogen and oxygen atoms in total. The average molecular weight is 325 g/mol. The molecule has 0 spiro atoms. The van der Waals surface area contributed by atoms with Gasteiger partial charge in [0.05, 0.1) is 11.9 Å². The van der Waals surface area contributed by atoms with Crippen molar-refractivity contribution >= 4 is 23.5 Å². The van der Waals surface area contributed by atoms with Crippen LogP contribution in [0.3, 0.4) is 0 Å². The quantitative estimate of drug-likeness (QED) is 0.863. The number of aliphatic hydroxyl groups is 1. The van der Waals surface area contributed by atoms with E-state index < -0.39 is 5.60 Å². The van der Waals surface area contributed by atoms with Gasteiger partial charge in [-0.3, -0.25) is 0 Å². The van der Waals surface area contributed by atoms with Crippen molar-refractivity contribution in [1.29, 1.82) is 0 Å². The van der Waals surface area contributed by atoms with Gasteiger partial charge in [0.25, 0.3) is 0 Å². The summed E-state index contributed by atoms with van der Waals surface area (Å²) in [4.78, 5) is 0. The second kappa shape index (κ2) is 5.68. The third-order valence-electron chi connectivity index (χ3n) is 5.40. The van der Waals surface area contributed by atoms with Crippen LogP contribution in [-0.4, -0.2) is 28.5 Å². The molecule has 1 aliphatic carbocycles. The van der Waals surface area contributed by atoms with Gasteiger partial charge in [0.15, 0.2) is 0 Å². The van der Waals surface area contributed by atoms with Crippen molar-refractivity contribution in [1.82, 2.24) is 4.57 Å². The molecule has 2 heterocycles. The molecular weight excluding hydrogens is 301 g/mol. The number of fused-ring (bicyclic) bond motifs is 1. The lowest BCUT2D eigenvalue weighted by Gasteiger charge is -2.27. The topological polar surface area (TPSA) is 43.6 Å². The van der Waals surface area contributed by atoms with E-state index in [0.717, 1.165) is 31.1 Å². The van der Waals surface area contributed by atoms with Crippen molar-refractivity contribution in [2.75, 3.05) is 0 Å². The van der Waals surface area contributed by atoms with Gasteiger partial charge in [-0.25, -0.2) is 0 Å². The fraction of sp³-hybridized carbons (Fsp3) is 0.474. The van der Waals surface area contributed by atoms with E-state index in [9.17, 15) is 5.11 Å². The first kappa shape index (κ1) is 15.8. The Hall–Kier alpha value is -1.72. The van der Waals surface area contributed by atoms with Crippen LogP contribution < -0.4 is 5.46 Å². The first-order chi connectivity index (χ1) is 11.4. The average Bonchev–Trinajstić information content (AvgIpc) is 3.09. The van der Waals surface area contributed by atoms with E-state index in [-0.39, 0.29) is 13.2 Å². The zero-order chi connectivity index (χ0) is 16.9. The Morgan fingerprint density at radius 3 is 2.62 bits per heavy atom. The lowest BCUT2D eigenvalue weighted by Crippen LogP contribution is -2.34. The lowest BCUT2D eigenvalue weighted by atomic mass is 9.79. The normalized spacial score (nSPS) is 26.8. The number of benzene rings is 1. The molecule has 1 aliphatic heterocycles. The van der Waals surface area contributed by atoms with Crippen molar-refractivity contribution in [3.05, 3.63) is 42.8 Å². The molecule has 2 aromatic rings. The largest absolute Gasteiger partial charge is 0.563 e. The Morgan fingerprint density at radius 1 is 1.21 bits per heavy atom. The summed E-state index contributed by atoms with van der Waals surface area (Å²) < 4.78 is 14.1. The van der Waals surface area contributed by atoms with Crippen LogP contribution in [0.5, 0.6) is 0 Å². The molecule has 0 atom stereocenters. The molecule has 2 aliphatic rings. The monoisotopic (exact) mass is 325 g/mol. The highest BCUT2D eigenvalue weighted by Gasteiger charge is 2.42. The van der Waals surface area contributed by atoms with Crippen LogP contribution in [0.4, 0.5) is 0 Å². The highest BCUT2D eigenvalue weighted by molar-refractivity contribution is 6.62. The third-order valence-corrected chi connectivity index (χ3v) is 5.40. The van der Waals surface area contributed by atoms with Crippen LogP contribution in [0.2, 0.25) is 0 Å². The predicted octanol–water partition coefficient (Wildman–Crippen LogP) is 3.15. The van der Waals surface area contributed by atoms with Crippen LogP contribution in [-0.2, 0) is 9.31 Å². The van der Waals surface area contributed by atoms with E-state index >= 15 is 0 Å². The molecule has 1 saturated carbocycles. The molecule has 0 radical (unpaired) electrons. The molecule has 24 heavy (non-hydrogen) atoms. The van der Waals surface area contributed by atoms with Gasteiger partial charge in [0.1, 0.15) is 5.60 Å². The first-order valence-corrected chi connectivity index (χ1v) is 8.76. The van der Waals surface area contributed by atoms with E-state index in [0.29, 0.717) is 11.8 Å². The number of hydrogen-bond donors (Lipinski definition) is 1. The highest BCUT2D eigenvalue weighted by atomic mass is 16.7. The molecule has 1 aromatic heterocycles. The molecule has 1 N–H and O–H groups in total. The summed E-state index contributed by atoms with van der Waals surface area (Å²) >= 11 is 0. The Kier molecular flexibility index (Phi) is 3.73. The highest BCUT2D eigenvalue weighted by Crippen LogP contribution is 2.32. The van der Waals surface area contributed by atoms with Gasteiger partial charge in [-0.05, 0) is 62.5 Å². The van der Waals surface area contributed by atoms with Crippen LogP contribution >= 0.6 is 0 Å². The lowest BCUT2D eigenvalue weighted by molar-refractivity contribution is 0.111. The fourth-order valence-electron chi connectivity index (χ4n) is 3.75. The summed E-state index contributed by atoms with van der Waals surface area (Å²) in [5.74, 6) is 0.672. The fourth-order valence-corrected chi connectivity index (χ4v) is 3.75. The Bertz CT molecular complexity index is 774. The molecular formula is C19H24BNO3. The van der Waals surface area contributed by atoms with Gasteiger partial charge >= 0.3 is 7.12 Å². The maximum absolute atomic E-state index is 9.71. The van der Waals surface area contributed by atoms with Gasteiger partial charge in [-0.1, -0.05) is 18.7 Å². The van der Waals surface area contributed by atoms with Gasteiger partial charge in [-0.2, -0.15) is 0 Å². The molecule has 0 bridgehead atoms. The zero-order valence-corrected chi connectivity index (χ0v) is 14.4. The predicted molar refractivity (Wildman–Crippen MR) is 96.2 cm³/mol. The van der Waals surface area contributed by atoms with E-state index in [4.69, 9.17) is 9.31 Å². The summed E-state index contributed by atoms with van der Waals surface area (Å²) in [6, 6.07) is 9.00. The minimum absolute atomic E-state index is 0.122. The maximum Gasteiger partial charge on any atom is 0.563 e. The number of hydrogen-bond acceptors (Lipinski definition) is 3. The number of nitrogens with zero attached hydrogens (tertiary/aromatic N) is 1. The van der Waals surface area contributed by atoms with Crippen LogP contribution in [0.15, 0.2) is 42.8 Å². The third kappa shape index (κ3) is 2.66. The molecule has 1 saturated heterocycles. The van der Waals surface area contributed by atoms with Crippen LogP contribution in [0.1, 0.15) is 45.6 Å². The molecule has 0 amide bonds. The number of aliphatic hydroxyl groups excluding tert-OH is 1. The molecule has 126 valence electrons. The van der Waals surface area contributed by atoms with Gasteiger partial charge in [0, 0.05) is 17.8 Å². The summed E-state index contributed by atoms with van der Waals surface area (Å²) in [5, 5.41) is 10.9. The first-order valence-electron chi connectivity index (χ1n) is 8.76. The summed E-state index contributed by atoms with van der Waals surface area (Å²) in [6.07, 6.45) is 5.90. The number of rotatable bonds is 2. The van der Waals surface area contributed by atoms with Gasteiger partial charge < -0.3 is 19.0 Å². The van der Waals surface area contributed by atoms with Crippen LogP contribution in [0.25, 0.3) is 10.9 Å². The van der Waals surface area contributed by atoms with Crippen molar-refractivity contribution < 1.29 is 14.4 Å². The summed E-state index contributed by atoms with van der Waals surface area (Å²) in [7, 11) is -0.384. The Labute approximate surface area is 143 Å². The van der Waals surface area contributed by atoms with Crippen molar-refractivity contribution in [3.8, 4) is 0 Å². The van der Waals surface area contributed by atoms with Crippen molar-refractivity contribution in [3.63, 3.8) is 0 Å². The smallest absolute Gasteiger partial charge is 0.534 e. The van der Waals surface area contributed by atoms with E-state index in [1.807, 2.05) is 13.8 Å². The second-order valence-electron chi connectivity index (χ2n) is 7.50.